The Hall–Kier alpha value is -2.40. The van der Waals surface area contributed by atoms with Crippen LogP contribution in [0.3, 0.4) is 0 Å². The van der Waals surface area contributed by atoms with Crippen LogP contribution in [0, 0.1) is 0 Å². The molecule has 2 aromatic carbocycles. The third kappa shape index (κ3) is 4.03. The van der Waals surface area contributed by atoms with Gasteiger partial charge in [-0.2, -0.15) is 0 Å². The molecule has 0 fully saturated rings. The van der Waals surface area contributed by atoms with Gasteiger partial charge in [-0.05, 0) is 30.3 Å². The van der Waals surface area contributed by atoms with Gasteiger partial charge in [-0.25, -0.2) is 4.79 Å². The van der Waals surface area contributed by atoms with E-state index in [4.69, 9.17) is 21.1 Å². The number of amides is 1. The maximum Gasteiger partial charge on any atom is 0.411 e. The molecule has 0 radical (unpaired) electrons. The highest BCUT2D eigenvalue weighted by Crippen LogP contribution is 2.32. The average Bonchev–Trinajstić information content (AvgIpc) is 2.50. The van der Waals surface area contributed by atoms with E-state index < -0.39 is 6.09 Å². The van der Waals surface area contributed by atoms with Crippen molar-refractivity contribution < 1.29 is 19.0 Å². The number of rotatable bonds is 4. The highest BCUT2D eigenvalue weighted by atomic mass is 35.5. The first kappa shape index (κ1) is 15.0. The SMILES string of the molecule is COC(=O)Nc1ccc(Oc2cccc(OC)c2)c(Cl)c1. The number of carbonyl (C=O) groups is 1. The summed E-state index contributed by atoms with van der Waals surface area (Å²) in [4.78, 5) is 11.1. The number of halogens is 1. The molecule has 1 N–H and O–H groups in total. The third-order valence-corrected chi connectivity index (χ3v) is 2.93. The summed E-state index contributed by atoms with van der Waals surface area (Å²) >= 11 is 6.13. The van der Waals surface area contributed by atoms with E-state index in [1.807, 2.05) is 12.1 Å². The summed E-state index contributed by atoms with van der Waals surface area (Å²) in [7, 11) is 2.87. The van der Waals surface area contributed by atoms with Gasteiger partial charge in [0.2, 0.25) is 0 Å². The molecule has 6 heteroatoms. The lowest BCUT2D eigenvalue weighted by molar-refractivity contribution is 0.187. The Morgan fingerprint density at radius 1 is 1.10 bits per heavy atom. The summed E-state index contributed by atoms with van der Waals surface area (Å²) in [5.41, 5.74) is 0.518. The monoisotopic (exact) mass is 307 g/mol. The largest absolute Gasteiger partial charge is 0.497 e. The zero-order chi connectivity index (χ0) is 15.2. The molecule has 5 nitrogen and oxygen atoms in total. The van der Waals surface area contributed by atoms with Crippen molar-refractivity contribution in [2.45, 2.75) is 0 Å². The summed E-state index contributed by atoms with van der Waals surface area (Å²) in [6, 6.07) is 12.1. The van der Waals surface area contributed by atoms with Gasteiger partial charge in [-0.15, -0.1) is 0 Å². The van der Waals surface area contributed by atoms with Crippen LogP contribution in [-0.4, -0.2) is 20.3 Å². The van der Waals surface area contributed by atoms with Gasteiger partial charge in [0.05, 0.1) is 19.2 Å². The lowest BCUT2D eigenvalue weighted by Gasteiger charge is -2.10. The number of hydrogen-bond donors (Lipinski definition) is 1. The fourth-order valence-electron chi connectivity index (χ4n) is 1.62. The fraction of sp³-hybridized carbons (Fsp3) is 0.133. The molecule has 0 aromatic heterocycles. The second kappa shape index (κ2) is 6.85. The lowest BCUT2D eigenvalue weighted by Crippen LogP contribution is -2.10. The van der Waals surface area contributed by atoms with Gasteiger partial charge in [0.1, 0.15) is 17.2 Å². The molecule has 0 heterocycles. The van der Waals surface area contributed by atoms with E-state index in [0.29, 0.717) is 28.0 Å². The van der Waals surface area contributed by atoms with E-state index in [-0.39, 0.29) is 0 Å². The molecule has 0 aliphatic carbocycles. The van der Waals surface area contributed by atoms with E-state index >= 15 is 0 Å². The Balaban J connectivity index is 2.15. The van der Waals surface area contributed by atoms with Crippen LogP contribution in [0.4, 0.5) is 10.5 Å². The van der Waals surface area contributed by atoms with Gasteiger partial charge >= 0.3 is 6.09 Å². The zero-order valence-corrected chi connectivity index (χ0v) is 12.3. The van der Waals surface area contributed by atoms with Gasteiger partial charge in [0, 0.05) is 11.8 Å². The second-order valence-electron chi connectivity index (χ2n) is 4.04. The standard InChI is InChI=1S/C15H14ClNO4/c1-19-11-4-3-5-12(9-11)21-14-7-6-10(8-13(14)16)17-15(18)20-2/h3-9H,1-2H3,(H,17,18). The van der Waals surface area contributed by atoms with Gasteiger partial charge in [0.25, 0.3) is 0 Å². The van der Waals surface area contributed by atoms with Crippen molar-refractivity contribution in [2.75, 3.05) is 19.5 Å². The first-order chi connectivity index (χ1) is 10.1. The van der Waals surface area contributed by atoms with Crippen molar-refractivity contribution in [3.8, 4) is 17.2 Å². The Bertz CT molecular complexity index is 645. The topological polar surface area (TPSA) is 56.8 Å². The predicted molar refractivity (Wildman–Crippen MR) is 80.5 cm³/mol. The van der Waals surface area contributed by atoms with E-state index in [9.17, 15) is 4.79 Å². The molecule has 110 valence electrons. The molecular formula is C15H14ClNO4. The van der Waals surface area contributed by atoms with E-state index in [2.05, 4.69) is 10.1 Å². The molecule has 0 unspecified atom stereocenters. The summed E-state index contributed by atoms with van der Waals surface area (Å²) < 4.78 is 15.3. The molecule has 0 bridgehead atoms. The number of hydrogen-bond acceptors (Lipinski definition) is 4. The number of nitrogens with one attached hydrogen (secondary N) is 1. The summed E-state index contributed by atoms with van der Waals surface area (Å²) in [6.07, 6.45) is -0.562. The molecule has 21 heavy (non-hydrogen) atoms. The van der Waals surface area contributed by atoms with Crippen LogP contribution in [-0.2, 0) is 4.74 Å². The number of benzene rings is 2. The van der Waals surface area contributed by atoms with Crippen LogP contribution < -0.4 is 14.8 Å². The van der Waals surface area contributed by atoms with Crippen LogP contribution in [0.1, 0.15) is 0 Å². The van der Waals surface area contributed by atoms with Crippen LogP contribution in [0.5, 0.6) is 17.2 Å². The summed E-state index contributed by atoms with van der Waals surface area (Å²) in [5, 5.41) is 2.89. The number of anilines is 1. The van der Waals surface area contributed by atoms with Crippen molar-refractivity contribution in [1.82, 2.24) is 0 Å². The van der Waals surface area contributed by atoms with Crippen molar-refractivity contribution in [2.24, 2.45) is 0 Å². The maximum atomic E-state index is 11.1. The summed E-state index contributed by atoms with van der Waals surface area (Å²) in [5.74, 6) is 1.76. The third-order valence-electron chi connectivity index (χ3n) is 2.63. The lowest BCUT2D eigenvalue weighted by atomic mass is 10.3. The second-order valence-corrected chi connectivity index (χ2v) is 4.45. The molecule has 1 amide bonds. The maximum absolute atomic E-state index is 11.1. The molecule has 0 saturated heterocycles. The minimum atomic E-state index is -0.562. The van der Waals surface area contributed by atoms with Crippen molar-refractivity contribution in [1.29, 1.82) is 0 Å². The number of methoxy groups -OCH3 is 2. The Kier molecular flexibility index (Phi) is 4.90. The molecule has 2 rings (SSSR count). The van der Waals surface area contributed by atoms with E-state index in [1.54, 1.807) is 37.4 Å². The number of carbonyl (C=O) groups excluding carboxylic acids is 1. The van der Waals surface area contributed by atoms with E-state index in [0.717, 1.165) is 0 Å². The zero-order valence-electron chi connectivity index (χ0n) is 11.6. The Labute approximate surface area is 127 Å². The van der Waals surface area contributed by atoms with E-state index in [1.165, 1.54) is 7.11 Å². The first-order valence-electron chi connectivity index (χ1n) is 6.09. The molecule has 0 aliphatic heterocycles. The van der Waals surface area contributed by atoms with Crippen molar-refractivity contribution in [3.05, 3.63) is 47.5 Å². The first-order valence-corrected chi connectivity index (χ1v) is 6.46. The van der Waals surface area contributed by atoms with Crippen molar-refractivity contribution >= 4 is 23.4 Å². The smallest absolute Gasteiger partial charge is 0.411 e. The molecule has 2 aromatic rings. The number of ether oxygens (including phenoxy) is 3. The highest BCUT2D eigenvalue weighted by molar-refractivity contribution is 6.32. The molecule has 0 spiro atoms. The predicted octanol–water partition coefficient (Wildman–Crippen LogP) is 4.32. The molecule has 0 atom stereocenters. The molecule has 0 saturated carbocycles. The van der Waals surface area contributed by atoms with Gasteiger partial charge in [-0.1, -0.05) is 17.7 Å². The minimum Gasteiger partial charge on any atom is -0.497 e. The van der Waals surface area contributed by atoms with Crippen LogP contribution in [0.2, 0.25) is 5.02 Å². The fourth-order valence-corrected chi connectivity index (χ4v) is 1.84. The van der Waals surface area contributed by atoms with Crippen molar-refractivity contribution in [3.63, 3.8) is 0 Å². The van der Waals surface area contributed by atoms with Crippen LogP contribution in [0.25, 0.3) is 0 Å². The van der Waals surface area contributed by atoms with Crippen LogP contribution >= 0.6 is 11.6 Å². The molecular weight excluding hydrogens is 294 g/mol. The Morgan fingerprint density at radius 3 is 2.52 bits per heavy atom. The normalized spacial score (nSPS) is 9.86. The van der Waals surface area contributed by atoms with Gasteiger partial charge in [-0.3, -0.25) is 5.32 Å². The Morgan fingerprint density at radius 2 is 1.86 bits per heavy atom. The molecule has 0 aliphatic rings. The van der Waals surface area contributed by atoms with Gasteiger partial charge in [0.15, 0.2) is 0 Å². The highest BCUT2D eigenvalue weighted by Gasteiger charge is 2.07. The quantitative estimate of drug-likeness (QED) is 0.914. The van der Waals surface area contributed by atoms with Crippen LogP contribution in [0.15, 0.2) is 42.5 Å². The van der Waals surface area contributed by atoms with Gasteiger partial charge < -0.3 is 14.2 Å². The summed E-state index contributed by atoms with van der Waals surface area (Å²) in [6.45, 7) is 0. The average molecular weight is 308 g/mol. The minimum absolute atomic E-state index is 0.367.